The highest BCUT2D eigenvalue weighted by Gasteiger charge is 2.27. The average molecular weight is 333 g/mol. The summed E-state index contributed by atoms with van der Waals surface area (Å²) >= 11 is 1.78. The number of aromatic amines is 1. The van der Waals surface area contributed by atoms with Gasteiger partial charge in [-0.05, 0) is 43.4 Å². The maximum absolute atomic E-state index is 14.2. The Balaban J connectivity index is 1.54. The summed E-state index contributed by atoms with van der Waals surface area (Å²) in [5, 5.41) is 10.6. The Morgan fingerprint density at radius 2 is 2.30 bits per heavy atom. The second-order valence-corrected chi connectivity index (χ2v) is 7.34. The van der Waals surface area contributed by atoms with Gasteiger partial charge in [-0.3, -0.25) is 5.10 Å². The first-order valence-corrected chi connectivity index (χ1v) is 9.02. The molecular formula is C17H20FN3OS. The zero-order valence-corrected chi connectivity index (χ0v) is 13.9. The van der Waals surface area contributed by atoms with Crippen LogP contribution in [0.5, 0.6) is 0 Å². The molecule has 2 aromatic rings. The highest BCUT2D eigenvalue weighted by Crippen LogP contribution is 2.39. The van der Waals surface area contributed by atoms with E-state index in [2.05, 4.69) is 15.5 Å². The number of ether oxygens (including phenoxy) is 1. The number of anilines is 2. The fourth-order valence-corrected chi connectivity index (χ4v) is 4.62. The number of rotatable bonds is 4. The van der Waals surface area contributed by atoms with Crippen molar-refractivity contribution in [1.29, 1.82) is 0 Å². The molecule has 4 nitrogen and oxygen atoms in total. The van der Waals surface area contributed by atoms with Gasteiger partial charge >= 0.3 is 0 Å². The van der Waals surface area contributed by atoms with Crippen LogP contribution in [0, 0.1) is 5.82 Å². The minimum atomic E-state index is -0.212. The van der Waals surface area contributed by atoms with E-state index in [1.165, 1.54) is 11.0 Å². The van der Waals surface area contributed by atoms with Gasteiger partial charge < -0.3 is 10.1 Å². The van der Waals surface area contributed by atoms with Crippen molar-refractivity contribution in [3.8, 4) is 0 Å². The van der Waals surface area contributed by atoms with Gasteiger partial charge in [-0.1, -0.05) is 0 Å². The predicted octanol–water partition coefficient (Wildman–Crippen LogP) is 4.22. The highest BCUT2D eigenvalue weighted by molar-refractivity contribution is 7.99. The molecule has 1 aliphatic heterocycles. The lowest BCUT2D eigenvalue weighted by Gasteiger charge is -2.10. The third-order valence-corrected chi connectivity index (χ3v) is 5.94. The molecule has 0 amide bonds. The Kier molecular flexibility index (Phi) is 4.03. The van der Waals surface area contributed by atoms with Crippen LogP contribution in [0.1, 0.15) is 36.4 Å². The molecule has 0 spiro atoms. The minimum Gasteiger partial charge on any atom is -0.381 e. The van der Waals surface area contributed by atoms with Crippen molar-refractivity contribution in [1.82, 2.24) is 10.2 Å². The van der Waals surface area contributed by atoms with E-state index in [1.807, 2.05) is 12.1 Å². The minimum absolute atomic E-state index is 0.212. The van der Waals surface area contributed by atoms with Crippen LogP contribution in [-0.4, -0.2) is 29.2 Å². The molecule has 1 aliphatic carbocycles. The van der Waals surface area contributed by atoms with Crippen LogP contribution in [0.3, 0.4) is 0 Å². The number of nitrogens with zero attached hydrogens (tertiary/aromatic N) is 1. The Morgan fingerprint density at radius 3 is 3.13 bits per heavy atom. The van der Waals surface area contributed by atoms with Gasteiger partial charge in [0.15, 0.2) is 5.82 Å². The van der Waals surface area contributed by atoms with E-state index in [9.17, 15) is 4.39 Å². The molecule has 2 unspecified atom stereocenters. The topological polar surface area (TPSA) is 49.9 Å². The Labute approximate surface area is 139 Å². The third-order valence-electron chi connectivity index (χ3n) is 4.84. The van der Waals surface area contributed by atoms with Crippen LogP contribution in [0.15, 0.2) is 23.1 Å². The lowest BCUT2D eigenvalue weighted by Crippen LogP contribution is -2.04. The fourth-order valence-electron chi connectivity index (χ4n) is 3.56. The zero-order valence-electron chi connectivity index (χ0n) is 13.1. The number of hydrogen-bond acceptors (Lipinski definition) is 4. The summed E-state index contributed by atoms with van der Waals surface area (Å²) < 4.78 is 19.6. The average Bonchev–Trinajstić information content (AvgIpc) is 3.29. The van der Waals surface area contributed by atoms with Gasteiger partial charge in [0.1, 0.15) is 5.82 Å². The molecule has 23 heavy (non-hydrogen) atoms. The Morgan fingerprint density at radius 1 is 1.39 bits per heavy atom. The van der Waals surface area contributed by atoms with E-state index in [0.717, 1.165) is 42.7 Å². The number of fused-ring (bicyclic) bond motifs is 1. The Hall–Kier alpha value is -1.53. The summed E-state index contributed by atoms with van der Waals surface area (Å²) in [7, 11) is 1.77. The number of aromatic nitrogens is 2. The number of nitrogens with one attached hydrogen (secondary N) is 2. The highest BCUT2D eigenvalue weighted by atomic mass is 32.2. The van der Waals surface area contributed by atoms with E-state index in [-0.39, 0.29) is 5.82 Å². The van der Waals surface area contributed by atoms with Crippen molar-refractivity contribution < 1.29 is 9.13 Å². The van der Waals surface area contributed by atoms with Crippen molar-refractivity contribution in [3.63, 3.8) is 0 Å². The smallest absolute Gasteiger partial charge is 0.152 e. The van der Waals surface area contributed by atoms with Crippen LogP contribution < -0.4 is 5.32 Å². The summed E-state index contributed by atoms with van der Waals surface area (Å²) in [5.74, 6) is 1.94. The second kappa shape index (κ2) is 6.17. The SMILES string of the molecule is COC1CCC(c2cc(Nc3c(F)ccc4c3CCS4)n[nH]2)C1. The quantitative estimate of drug-likeness (QED) is 0.879. The van der Waals surface area contributed by atoms with Crippen molar-refractivity contribution >= 4 is 23.3 Å². The van der Waals surface area contributed by atoms with Gasteiger partial charge in [-0.15, -0.1) is 11.8 Å². The molecule has 6 heteroatoms. The molecule has 4 rings (SSSR count). The second-order valence-electron chi connectivity index (χ2n) is 6.20. The summed E-state index contributed by atoms with van der Waals surface area (Å²) in [6.45, 7) is 0. The molecule has 1 fully saturated rings. The molecule has 122 valence electrons. The van der Waals surface area contributed by atoms with Gasteiger partial charge in [-0.25, -0.2) is 4.39 Å². The number of H-pyrrole nitrogens is 1. The number of methoxy groups -OCH3 is 1. The molecular weight excluding hydrogens is 313 g/mol. The first-order chi connectivity index (χ1) is 11.2. The normalized spacial score (nSPS) is 23.2. The summed E-state index contributed by atoms with van der Waals surface area (Å²) in [6.07, 6.45) is 4.44. The molecule has 0 bridgehead atoms. The van der Waals surface area contributed by atoms with E-state index in [1.54, 1.807) is 18.9 Å². The Bertz CT molecular complexity index is 718. The number of benzene rings is 1. The number of hydrogen-bond donors (Lipinski definition) is 2. The maximum atomic E-state index is 14.2. The van der Waals surface area contributed by atoms with Gasteiger partial charge in [-0.2, -0.15) is 5.10 Å². The number of halogens is 1. The monoisotopic (exact) mass is 333 g/mol. The molecule has 1 aromatic heterocycles. The molecule has 0 radical (unpaired) electrons. The molecule has 0 saturated heterocycles. The van der Waals surface area contributed by atoms with Crippen LogP contribution in [0.2, 0.25) is 0 Å². The lowest BCUT2D eigenvalue weighted by atomic mass is 10.0. The number of thioether (sulfide) groups is 1. The lowest BCUT2D eigenvalue weighted by molar-refractivity contribution is 0.108. The molecule has 1 saturated carbocycles. The summed E-state index contributed by atoms with van der Waals surface area (Å²) in [6, 6.07) is 5.41. The molecule has 2 N–H and O–H groups in total. The first-order valence-electron chi connectivity index (χ1n) is 8.04. The van der Waals surface area contributed by atoms with Gasteiger partial charge in [0, 0.05) is 35.4 Å². The van der Waals surface area contributed by atoms with Crippen LogP contribution in [0.25, 0.3) is 0 Å². The van der Waals surface area contributed by atoms with E-state index < -0.39 is 0 Å². The van der Waals surface area contributed by atoms with Gasteiger partial charge in [0.25, 0.3) is 0 Å². The molecule has 1 aromatic carbocycles. The van der Waals surface area contributed by atoms with Crippen molar-refractivity contribution in [2.45, 2.75) is 42.6 Å². The van der Waals surface area contributed by atoms with Crippen LogP contribution in [-0.2, 0) is 11.2 Å². The van der Waals surface area contributed by atoms with Gasteiger partial charge in [0.2, 0.25) is 0 Å². The van der Waals surface area contributed by atoms with Crippen LogP contribution in [0.4, 0.5) is 15.9 Å². The first kappa shape index (κ1) is 15.0. The van der Waals surface area contributed by atoms with Gasteiger partial charge in [0.05, 0.1) is 11.8 Å². The van der Waals surface area contributed by atoms with Crippen molar-refractivity contribution in [2.24, 2.45) is 0 Å². The zero-order chi connectivity index (χ0) is 15.8. The summed E-state index contributed by atoms with van der Waals surface area (Å²) in [5.41, 5.74) is 2.75. The molecule has 2 aliphatic rings. The van der Waals surface area contributed by atoms with E-state index in [4.69, 9.17) is 4.74 Å². The summed E-state index contributed by atoms with van der Waals surface area (Å²) in [4.78, 5) is 1.17. The van der Waals surface area contributed by atoms with E-state index >= 15 is 0 Å². The van der Waals surface area contributed by atoms with Crippen molar-refractivity contribution in [3.05, 3.63) is 35.3 Å². The largest absolute Gasteiger partial charge is 0.381 e. The maximum Gasteiger partial charge on any atom is 0.152 e. The van der Waals surface area contributed by atoms with E-state index in [0.29, 0.717) is 23.5 Å². The van der Waals surface area contributed by atoms with Crippen LogP contribution >= 0.6 is 11.8 Å². The fraction of sp³-hybridized carbons (Fsp3) is 0.471. The van der Waals surface area contributed by atoms with Crippen molar-refractivity contribution in [2.75, 3.05) is 18.2 Å². The molecule has 2 heterocycles. The third kappa shape index (κ3) is 2.85. The standard InChI is InChI=1S/C17H20FN3OS/c1-22-11-3-2-10(8-11)14-9-16(21-20-14)19-17-12-6-7-23-15(12)5-4-13(17)18/h4-5,9-11H,2-3,6-8H2,1H3,(H2,19,20,21). The predicted molar refractivity (Wildman–Crippen MR) is 90.1 cm³/mol. The molecule has 2 atom stereocenters.